The Hall–Kier alpha value is -7.76. The van der Waals surface area contributed by atoms with Crippen LogP contribution in [0.3, 0.4) is 0 Å². The minimum absolute atomic E-state index is 1.10. The number of aromatic nitrogens is 1. The van der Waals surface area contributed by atoms with Crippen LogP contribution in [0.4, 0.5) is 17.1 Å². The van der Waals surface area contributed by atoms with Crippen molar-refractivity contribution in [1.29, 1.82) is 0 Å². The maximum Gasteiger partial charge on any atom is 0.179 e. The first-order valence-corrected chi connectivity index (χ1v) is 24.7. The van der Waals surface area contributed by atoms with E-state index in [0.717, 1.165) is 22.7 Å². The molecular weight excluding hydrogens is 809 g/mol. The second-order valence-corrected chi connectivity index (χ2v) is 21.3. The molecule has 0 atom stereocenters. The van der Waals surface area contributed by atoms with Crippen molar-refractivity contribution >= 4 is 99.2 Å². The average molecular weight is 851 g/mol. The van der Waals surface area contributed by atoms with Crippen molar-refractivity contribution in [2.45, 2.75) is 0 Å². The average Bonchev–Trinajstić information content (AvgIpc) is 3.92. The number of nitrogens with zero attached hydrogens (tertiary/aromatic N) is 2. The fraction of sp³-hybridized carbons (Fsp3) is 0. The van der Waals surface area contributed by atoms with E-state index in [1.807, 2.05) is 11.3 Å². The molecule has 0 saturated heterocycles. The molecule has 12 rings (SSSR count). The fourth-order valence-electron chi connectivity index (χ4n) is 10.1. The lowest BCUT2D eigenvalue weighted by atomic mass is 10.0. The van der Waals surface area contributed by atoms with Gasteiger partial charge in [-0.25, -0.2) is 0 Å². The van der Waals surface area contributed by atoms with Crippen LogP contribution in [-0.2, 0) is 0 Å². The zero-order chi connectivity index (χ0) is 42.5. The van der Waals surface area contributed by atoms with E-state index in [-0.39, 0.29) is 0 Å². The molecule has 0 aliphatic heterocycles. The number of anilines is 3. The summed E-state index contributed by atoms with van der Waals surface area (Å²) in [6, 6.07) is 94.1. The molecule has 4 heteroatoms. The summed E-state index contributed by atoms with van der Waals surface area (Å²) >= 11 is 1.86. The number of hydrogen-bond donors (Lipinski definition) is 0. The Morgan fingerprint density at radius 3 is 1.56 bits per heavy atom. The van der Waals surface area contributed by atoms with E-state index in [0.29, 0.717) is 0 Å². The number of para-hydroxylation sites is 2. The molecule has 0 fully saturated rings. The van der Waals surface area contributed by atoms with Crippen LogP contribution in [0, 0.1) is 0 Å². The second kappa shape index (κ2) is 15.9. The zero-order valence-corrected chi connectivity index (χ0v) is 36.9. The normalized spacial score (nSPS) is 11.8. The lowest BCUT2D eigenvalue weighted by Crippen LogP contribution is -2.74. The second-order valence-electron chi connectivity index (χ2n) is 16.4. The van der Waals surface area contributed by atoms with Gasteiger partial charge in [0.2, 0.25) is 0 Å². The van der Waals surface area contributed by atoms with Gasteiger partial charge in [-0.05, 0) is 92.5 Å². The molecule has 0 amide bonds. The Morgan fingerprint density at radius 1 is 0.344 bits per heavy atom. The van der Waals surface area contributed by atoms with Gasteiger partial charge in [0, 0.05) is 48.0 Å². The highest BCUT2D eigenvalue weighted by Gasteiger charge is 2.41. The minimum atomic E-state index is -2.70. The summed E-state index contributed by atoms with van der Waals surface area (Å²) in [4.78, 5) is 2.46. The van der Waals surface area contributed by atoms with Crippen LogP contribution in [0.1, 0.15) is 0 Å². The Balaban J connectivity index is 1.04. The van der Waals surface area contributed by atoms with Gasteiger partial charge >= 0.3 is 0 Å². The predicted octanol–water partition coefficient (Wildman–Crippen LogP) is 13.7. The third kappa shape index (κ3) is 6.22. The summed E-state index contributed by atoms with van der Waals surface area (Å²) in [5.41, 5.74) is 9.27. The van der Waals surface area contributed by atoms with Gasteiger partial charge < -0.3 is 9.47 Å². The Bertz CT molecular complexity index is 3500. The zero-order valence-electron chi connectivity index (χ0n) is 35.1. The Labute approximate surface area is 378 Å². The molecular formula is C60H42N2SSi. The number of benzene rings is 10. The third-order valence-electron chi connectivity index (χ3n) is 12.9. The number of rotatable bonds is 9. The molecule has 10 aromatic carbocycles. The summed E-state index contributed by atoms with van der Waals surface area (Å²) < 4.78 is 4.99. The highest BCUT2D eigenvalue weighted by Crippen LogP contribution is 2.46. The molecule has 0 saturated carbocycles. The molecule has 0 spiro atoms. The van der Waals surface area contributed by atoms with Gasteiger partial charge in [0.1, 0.15) is 0 Å². The van der Waals surface area contributed by atoms with Crippen molar-refractivity contribution < 1.29 is 0 Å². The molecule has 0 unspecified atom stereocenters. The quantitative estimate of drug-likeness (QED) is 0.104. The standard InChI is InChI=1S/C60H42N2SSi/c1-5-20-45(21-6-1)62-55-31-15-13-30-54(55)60-56(32-18-33-57(60)62)61(47-39-40-53-52-29-14-16-34-58(52)63-59(53)42-47)46-37-35-43(36-38-46)44-19-17-28-51(41-44)64(48-22-7-2-8-23-48,49-24-9-3-10-25-49)50-26-11-4-12-27-50/h1-42H. The van der Waals surface area contributed by atoms with E-state index in [1.165, 1.54) is 73.9 Å². The maximum atomic E-state index is 2.46. The number of hydrogen-bond acceptors (Lipinski definition) is 2. The molecule has 2 nitrogen and oxygen atoms in total. The molecule has 0 aliphatic carbocycles. The van der Waals surface area contributed by atoms with Gasteiger partial charge in [-0.2, -0.15) is 0 Å². The molecule has 302 valence electrons. The minimum Gasteiger partial charge on any atom is -0.310 e. The van der Waals surface area contributed by atoms with Crippen molar-refractivity contribution in [3.8, 4) is 16.8 Å². The van der Waals surface area contributed by atoms with E-state index < -0.39 is 8.07 Å². The van der Waals surface area contributed by atoms with Gasteiger partial charge in [0.05, 0.1) is 16.7 Å². The first-order chi connectivity index (χ1) is 31.8. The summed E-state index contributed by atoms with van der Waals surface area (Å²) in [6.45, 7) is 0. The van der Waals surface area contributed by atoms with Crippen molar-refractivity contribution in [2.75, 3.05) is 4.90 Å². The molecule has 12 aromatic rings. The maximum absolute atomic E-state index is 2.70. The lowest BCUT2D eigenvalue weighted by molar-refractivity contribution is 1.18. The number of fused-ring (bicyclic) bond motifs is 6. The van der Waals surface area contributed by atoms with E-state index in [1.54, 1.807) is 0 Å². The predicted molar refractivity (Wildman–Crippen MR) is 277 cm³/mol. The van der Waals surface area contributed by atoms with Gasteiger partial charge in [-0.3, -0.25) is 0 Å². The Kier molecular flexibility index (Phi) is 9.40. The van der Waals surface area contributed by atoms with Crippen LogP contribution in [0.2, 0.25) is 0 Å². The van der Waals surface area contributed by atoms with Crippen LogP contribution in [0.15, 0.2) is 255 Å². The topological polar surface area (TPSA) is 8.17 Å². The van der Waals surface area contributed by atoms with Crippen LogP contribution < -0.4 is 25.6 Å². The highest BCUT2D eigenvalue weighted by atomic mass is 32.1. The molecule has 64 heavy (non-hydrogen) atoms. The van der Waals surface area contributed by atoms with Gasteiger partial charge in [-0.1, -0.05) is 194 Å². The largest absolute Gasteiger partial charge is 0.310 e. The van der Waals surface area contributed by atoms with Crippen molar-refractivity contribution in [1.82, 2.24) is 4.57 Å². The van der Waals surface area contributed by atoms with Crippen molar-refractivity contribution in [2.24, 2.45) is 0 Å². The summed E-state index contributed by atoms with van der Waals surface area (Å²) in [7, 11) is -2.70. The van der Waals surface area contributed by atoms with Crippen LogP contribution >= 0.6 is 11.3 Å². The van der Waals surface area contributed by atoms with Gasteiger partial charge in [0.25, 0.3) is 0 Å². The smallest absolute Gasteiger partial charge is 0.179 e. The van der Waals surface area contributed by atoms with Crippen LogP contribution in [-0.4, -0.2) is 12.6 Å². The first kappa shape index (κ1) is 38.0. The number of thiophene rings is 1. The lowest BCUT2D eigenvalue weighted by Gasteiger charge is -2.34. The Morgan fingerprint density at radius 2 is 0.875 bits per heavy atom. The molecule has 2 heterocycles. The SMILES string of the molecule is c1ccc(-n2c3ccccc3c3c(N(c4ccc(-c5cccc([Si](c6ccccc6)(c6ccccc6)c6ccccc6)c5)cc4)c4ccc5c(c4)sc4ccccc45)cccc32)cc1. The fourth-order valence-corrected chi connectivity index (χ4v) is 16.1. The van der Waals surface area contributed by atoms with E-state index in [9.17, 15) is 0 Å². The van der Waals surface area contributed by atoms with Crippen molar-refractivity contribution in [3.63, 3.8) is 0 Å². The highest BCUT2D eigenvalue weighted by molar-refractivity contribution is 7.25. The van der Waals surface area contributed by atoms with E-state index >= 15 is 0 Å². The first-order valence-electron chi connectivity index (χ1n) is 21.9. The molecule has 0 N–H and O–H groups in total. The van der Waals surface area contributed by atoms with Gasteiger partial charge in [0.15, 0.2) is 8.07 Å². The molecule has 0 aliphatic rings. The van der Waals surface area contributed by atoms with Crippen molar-refractivity contribution in [3.05, 3.63) is 255 Å². The van der Waals surface area contributed by atoms with Gasteiger partial charge in [-0.15, -0.1) is 11.3 Å². The summed E-state index contributed by atoms with van der Waals surface area (Å²) in [5.74, 6) is 0. The summed E-state index contributed by atoms with van der Waals surface area (Å²) in [5, 5.41) is 10.5. The molecule has 0 radical (unpaired) electrons. The molecule has 0 bridgehead atoms. The third-order valence-corrected chi connectivity index (χ3v) is 18.8. The molecule has 2 aromatic heterocycles. The van der Waals surface area contributed by atoms with E-state index in [2.05, 4.69) is 264 Å². The monoisotopic (exact) mass is 850 g/mol. The summed E-state index contributed by atoms with van der Waals surface area (Å²) in [6.07, 6.45) is 0. The van der Waals surface area contributed by atoms with Crippen LogP contribution in [0.25, 0.3) is 58.8 Å². The van der Waals surface area contributed by atoms with Crippen LogP contribution in [0.5, 0.6) is 0 Å². The van der Waals surface area contributed by atoms with E-state index in [4.69, 9.17) is 0 Å².